The van der Waals surface area contributed by atoms with Crippen LogP contribution in [0, 0.1) is 6.92 Å². The minimum atomic E-state index is -0.346. The Bertz CT molecular complexity index is 566. The Morgan fingerprint density at radius 3 is 2.59 bits per heavy atom. The second-order valence-electron chi connectivity index (χ2n) is 6.22. The highest BCUT2D eigenvalue weighted by atomic mass is 32.1. The molecule has 5 heteroatoms. The average molecular weight is 320 g/mol. The van der Waals surface area contributed by atoms with Crippen LogP contribution in [-0.4, -0.2) is 23.7 Å². The van der Waals surface area contributed by atoms with Crippen LogP contribution in [0.15, 0.2) is 18.2 Å². The number of carbonyl (C=O) groups is 1. The molecule has 1 saturated carbocycles. The standard InChI is InChI=1S/C17H24N2O2S/c1-12-7-8-13(15(20)21-3)11-14(12)18-16(22)19-17(2)9-5-4-6-10-17/h7-8,11H,4-6,9-10H2,1-3H3,(H2,18,19,22). The number of esters is 1. The monoisotopic (exact) mass is 320 g/mol. The zero-order valence-electron chi connectivity index (χ0n) is 13.5. The van der Waals surface area contributed by atoms with Crippen LogP contribution in [0.25, 0.3) is 0 Å². The van der Waals surface area contributed by atoms with Gasteiger partial charge in [-0.25, -0.2) is 4.79 Å². The molecule has 0 aromatic heterocycles. The van der Waals surface area contributed by atoms with Gasteiger partial charge in [0, 0.05) is 11.2 Å². The van der Waals surface area contributed by atoms with Crippen molar-refractivity contribution in [3.8, 4) is 0 Å². The van der Waals surface area contributed by atoms with Crippen molar-refractivity contribution in [2.75, 3.05) is 12.4 Å². The van der Waals surface area contributed by atoms with Crippen LogP contribution in [0.4, 0.5) is 5.69 Å². The molecule has 0 amide bonds. The summed E-state index contributed by atoms with van der Waals surface area (Å²) in [5, 5.41) is 7.26. The number of aryl methyl sites for hydroxylation is 1. The van der Waals surface area contributed by atoms with E-state index in [1.54, 1.807) is 12.1 Å². The smallest absolute Gasteiger partial charge is 0.337 e. The van der Waals surface area contributed by atoms with Crippen molar-refractivity contribution in [1.82, 2.24) is 5.32 Å². The zero-order valence-corrected chi connectivity index (χ0v) is 14.3. The van der Waals surface area contributed by atoms with Gasteiger partial charge in [0.2, 0.25) is 0 Å². The minimum absolute atomic E-state index is 0.0657. The Balaban J connectivity index is 2.06. The van der Waals surface area contributed by atoms with Crippen molar-refractivity contribution in [2.24, 2.45) is 0 Å². The third-order valence-electron chi connectivity index (χ3n) is 4.28. The fourth-order valence-corrected chi connectivity index (χ4v) is 3.24. The second-order valence-corrected chi connectivity index (χ2v) is 6.63. The van der Waals surface area contributed by atoms with Crippen LogP contribution < -0.4 is 10.6 Å². The second kappa shape index (κ2) is 7.09. The summed E-state index contributed by atoms with van der Waals surface area (Å²) in [6.07, 6.45) is 6.05. The maximum atomic E-state index is 11.6. The zero-order chi connectivity index (χ0) is 16.2. The first-order valence-electron chi connectivity index (χ1n) is 7.72. The average Bonchev–Trinajstić information content (AvgIpc) is 2.48. The topological polar surface area (TPSA) is 50.4 Å². The van der Waals surface area contributed by atoms with Crippen LogP contribution in [0.3, 0.4) is 0 Å². The summed E-state index contributed by atoms with van der Waals surface area (Å²) in [4.78, 5) is 11.6. The summed E-state index contributed by atoms with van der Waals surface area (Å²) in [5.74, 6) is -0.346. The number of hydrogen-bond donors (Lipinski definition) is 2. The summed E-state index contributed by atoms with van der Waals surface area (Å²) < 4.78 is 4.76. The molecule has 1 aliphatic carbocycles. The quantitative estimate of drug-likeness (QED) is 0.655. The van der Waals surface area contributed by atoms with Gasteiger partial charge in [0.1, 0.15) is 0 Å². The van der Waals surface area contributed by atoms with Crippen LogP contribution in [0.1, 0.15) is 54.9 Å². The van der Waals surface area contributed by atoms with Gasteiger partial charge in [-0.1, -0.05) is 25.3 Å². The van der Waals surface area contributed by atoms with E-state index in [-0.39, 0.29) is 11.5 Å². The van der Waals surface area contributed by atoms with Crippen LogP contribution in [0.2, 0.25) is 0 Å². The number of methoxy groups -OCH3 is 1. The molecule has 22 heavy (non-hydrogen) atoms. The fraction of sp³-hybridized carbons (Fsp3) is 0.529. The molecule has 0 bridgehead atoms. The van der Waals surface area contributed by atoms with E-state index in [4.69, 9.17) is 17.0 Å². The Morgan fingerprint density at radius 1 is 1.27 bits per heavy atom. The molecule has 0 atom stereocenters. The van der Waals surface area contributed by atoms with E-state index in [0.29, 0.717) is 10.7 Å². The van der Waals surface area contributed by atoms with Crippen molar-refractivity contribution >= 4 is 29.0 Å². The lowest BCUT2D eigenvalue weighted by atomic mass is 9.83. The summed E-state index contributed by atoms with van der Waals surface area (Å²) in [6.45, 7) is 4.20. The van der Waals surface area contributed by atoms with E-state index >= 15 is 0 Å². The molecule has 0 heterocycles. The van der Waals surface area contributed by atoms with Gasteiger partial charge in [-0.15, -0.1) is 0 Å². The Labute approximate surface area is 137 Å². The van der Waals surface area contributed by atoms with E-state index in [1.165, 1.54) is 26.4 Å². The summed E-state index contributed by atoms with van der Waals surface area (Å²) in [5.41, 5.74) is 2.45. The predicted molar refractivity (Wildman–Crippen MR) is 93.4 cm³/mol. The molecular formula is C17H24N2O2S. The first kappa shape index (κ1) is 16.7. The Kier molecular flexibility index (Phi) is 5.40. The number of nitrogens with one attached hydrogen (secondary N) is 2. The highest BCUT2D eigenvalue weighted by molar-refractivity contribution is 7.80. The Morgan fingerprint density at radius 2 is 1.95 bits per heavy atom. The maximum Gasteiger partial charge on any atom is 0.337 e. The number of carbonyl (C=O) groups excluding carboxylic acids is 1. The lowest BCUT2D eigenvalue weighted by Crippen LogP contribution is -2.48. The van der Waals surface area contributed by atoms with Gasteiger partial charge in [0.25, 0.3) is 0 Å². The van der Waals surface area contributed by atoms with Gasteiger partial charge in [0.15, 0.2) is 5.11 Å². The molecule has 2 N–H and O–H groups in total. The summed E-state index contributed by atoms with van der Waals surface area (Å²) in [6, 6.07) is 5.42. The number of hydrogen-bond acceptors (Lipinski definition) is 3. The molecular weight excluding hydrogens is 296 g/mol. The van der Waals surface area contributed by atoms with Crippen molar-refractivity contribution in [3.05, 3.63) is 29.3 Å². The van der Waals surface area contributed by atoms with E-state index in [9.17, 15) is 4.79 Å². The molecule has 0 spiro atoms. The number of ether oxygens (including phenoxy) is 1. The van der Waals surface area contributed by atoms with Crippen molar-refractivity contribution in [3.63, 3.8) is 0 Å². The van der Waals surface area contributed by atoms with Gasteiger partial charge in [-0.3, -0.25) is 0 Å². The Hall–Kier alpha value is -1.62. The SMILES string of the molecule is COC(=O)c1ccc(C)c(NC(=S)NC2(C)CCCCC2)c1. The molecule has 1 aliphatic rings. The molecule has 2 rings (SSSR count). The minimum Gasteiger partial charge on any atom is -0.465 e. The number of rotatable bonds is 3. The van der Waals surface area contributed by atoms with Crippen molar-refractivity contribution < 1.29 is 9.53 Å². The molecule has 0 radical (unpaired) electrons. The molecule has 1 aromatic carbocycles. The highest BCUT2D eigenvalue weighted by Gasteiger charge is 2.27. The van der Waals surface area contributed by atoms with E-state index in [0.717, 1.165) is 24.1 Å². The molecule has 120 valence electrons. The summed E-state index contributed by atoms with van der Waals surface area (Å²) in [7, 11) is 1.38. The third kappa shape index (κ3) is 4.19. The van der Waals surface area contributed by atoms with Crippen LogP contribution in [-0.2, 0) is 4.74 Å². The van der Waals surface area contributed by atoms with E-state index < -0.39 is 0 Å². The molecule has 0 unspecified atom stereocenters. The number of thiocarbonyl (C=S) groups is 1. The van der Waals surface area contributed by atoms with E-state index in [2.05, 4.69) is 17.6 Å². The largest absolute Gasteiger partial charge is 0.465 e. The van der Waals surface area contributed by atoms with E-state index in [1.807, 2.05) is 13.0 Å². The van der Waals surface area contributed by atoms with Crippen LogP contribution in [0.5, 0.6) is 0 Å². The molecule has 0 saturated heterocycles. The normalized spacial score (nSPS) is 16.7. The number of anilines is 1. The van der Waals surface area contributed by atoms with Gasteiger partial charge >= 0.3 is 5.97 Å². The van der Waals surface area contributed by atoms with Crippen molar-refractivity contribution in [1.29, 1.82) is 0 Å². The van der Waals surface area contributed by atoms with Gasteiger partial charge < -0.3 is 15.4 Å². The third-order valence-corrected chi connectivity index (χ3v) is 4.48. The summed E-state index contributed by atoms with van der Waals surface area (Å²) >= 11 is 5.45. The highest BCUT2D eigenvalue weighted by Crippen LogP contribution is 2.27. The maximum absolute atomic E-state index is 11.6. The lowest BCUT2D eigenvalue weighted by Gasteiger charge is -2.35. The van der Waals surface area contributed by atoms with Crippen molar-refractivity contribution in [2.45, 2.75) is 51.5 Å². The fourth-order valence-electron chi connectivity index (χ4n) is 2.89. The first-order chi connectivity index (χ1) is 10.4. The predicted octanol–water partition coefficient (Wildman–Crippen LogP) is 3.79. The molecule has 4 nitrogen and oxygen atoms in total. The van der Waals surface area contributed by atoms with Crippen LogP contribution >= 0.6 is 12.2 Å². The van der Waals surface area contributed by atoms with Gasteiger partial charge in [-0.05, 0) is 56.6 Å². The molecule has 1 aromatic rings. The van der Waals surface area contributed by atoms with Gasteiger partial charge in [-0.2, -0.15) is 0 Å². The first-order valence-corrected chi connectivity index (χ1v) is 8.12. The molecule has 1 fully saturated rings. The lowest BCUT2D eigenvalue weighted by molar-refractivity contribution is 0.0601. The number of benzene rings is 1. The molecule has 0 aliphatic heterocycles. The van der Waals surface area contributed by atoms with Gasteiger partial charge in [0.05, 0.1) is 12.7 Å².